The van der Waals surface area contributed by atoms with Crippen molar-refractivity contribution in [2.24, 2.45) is 5.73 Å². The minimum atomic E-state index is -0.307. The van der Waals surface area contributed by atoms with Gasteiger partial charge >= 0.3 is 0 Å². The van der Waals surface area contributed by atoms with Gasteiger partial charge in [-0.2, -0.15) is 0 Å². The molecule has 0 radical (unpaired) electrons. The summed E-state index contributed by atoms with van der Waals surface area (Å²) in [5.41, 5.74) is 6.99. The van der Waals surface area contributed by atoms with Crippen LogP contribution in [-0.4, -0.2) is 19.3 Å². The van der Waals surface area contributed by atoms with E-state index < -0.39 is 0 Å². The van der Waals surface area contributed by atoms with Crippen molar-refractivity contribution in [3.05, 3.63) is 34.3 Å². The first-order valence-electron chi connectivity index (χ1n) is 4.56. The van der Waals surface area contributed by atoms with Crippen molar-refractivity contribution >= 4 is 15.9 Å². The van der Waals surface area contributed by atoms with E-state index >= 15 is 0 Å². The number of halogens is 1. The quantitative estimate of drug-likeness (QED) is 0.899. The predicted molar refractivity (Wildman–Crippen MR) is 62.3 cm³/mol. The summed E-state index contributed by atoms with van der Waals surface area (Å²) in [6.07, 6.45) is 0.808. The molecule has 0 saturated carbocycles. The summed E-state index contributed by atoms with van der Waals surface area (Å²) >= 11 is 3.50. The van der Waals surface area contributed by atoms with Gasteiger partial charge in [-0.3, -0.25) is 0 Å². The summed E-state index contributed by atoms with van der Waals surface area (Å²) in [5.74, 6) is 0. The lowest BCUT2D eigenvalue weighted by molar-refractivity contribution is 0.141. The third kappa shape index (κ3) is 3.40. The molecule has 3 heteroatoms. The Kier molecular flexibility index (Phi) is 4.11. The molecule has 0 amide bonds. The van der Waals surface area contributed by atoms with Gasteiger partial charge in [0.1, 0.15) is 0 Å². The molecule has 0 aliphatic heterocycles. The Bertz CT molecular complexity index is 299. The molecule has 1 atom stereocenters. The van der Waals surface area contributed by atoms with Crippen LogP contribution in [0.4, 0.5) is 0 Å². The summed E-state index contributed by atoms with van der Waals surface area (Å²) in [5, 5.41) is 0. The highest BCUT2D eigenvalue weighted by molar-refractivity contribution is 9.10. The lowest BCUT2D eigenvalue weighted by atomic mass is 9.95. The molecule has 0 aromatic heterocycles. The molecular weight excluding hydrogens is 242 g/mol. The number of hydrogen-bond donors (Lipinski definition) is 1. The van der Waals surface area contributed by atoms with E-state index in [9.17, 15) is 0 Å². The monoisotopic (exact) mass is 257 g/mol. The van der Waals surface area contributed by atoms with E-state index in [1.54, 1.807) is 7.11 Å². The van der Waals surface area contributed by atoms with E-state index in [4.69, 9.17) is 10.5 Å². The zero-order valence-electron chi connectivity index (χ0n) is 8.59. The SMILES string of the molecule is COCC(C)(N)Cc1ccccc1Br. The summed E-state index contributed by atoms with van der Waals surface area (Å²) in [6.45, 7) is 2.56. The van der Waals surface area contributed by atoms with Crippen LogP contribution < -0.4 is 5.73 Å². The third-order valence-electron chi connectivity index (χ3n) is 2.03. The molecule has 1 aromatic rings. The van der Waals surface area contributed by atoms with Crippen LogP contribution in [0.1, 0.15) is 12.5 Å². The highest BCUT2D eigenvalue weighted by atomic mass is 79.9. The van der Waals surface area contributed by atoms with E-state index in [0.717, 1.165) is 10.9 Å². The van der Waals surface area contributed by atoms with Crippen LogP contribution in [0.2, 0.25) is 0 Å². The van der Waals surface area contributed by atoms with Crippen LogP contribution >= 0.6 is 15.9 Å². The van der Waals surface area contributed by atoms with Gasteiger partial charge in [-0.05, 0) is 25.0 Å². The first-order valence-corrected chi connectivity index (χ1v) is 5.36. The molecule has 1 aromatic carbocycles. The minimum absolute atomic E-state index is 0.307. The van der Waals surface area contributed by atoms with Gasteiger partial charge in [-0.1, -0.05) is 34.1 Å². The van der Waals surface area contributed by atoms with Crippen LogP contribution in [0.5, 0.6) is 0 Å². The minimum Gasteiger partial charge on any atom is -0.383 e. The highest BCUT2D eigenvalue weighted by Crippen LogP contribution is 2.20. The summed E-state index contributed by atoms with van der Waals surface area (Å²) < 4.78 is 6.18. The van der Waals surface area contributed by atoms with Crippen LogP contribution in [0.15, 0.2) is 28.7 Å². The van der Waals surface area contributed by atoms with Gasteiger partial charge in [0.2, 0.25) is 0 Å². The number of rotatable bonds is 4. The summed E-state index contributed by atoms with van der Waals surface area (Å²) in [4.78, 5) is 0. The fourth-order valence-corrected chi connectivity index (χ4v) is 1.88. The number of methoxy groups -OCH3 is 1. The van der Waals surface area contributed by atoms with Gasteiger partial charge in [0.15, 0.2) is 0 Å². The maximum Gasteiger partial charge on any atom is 0.0642 e. The van der Waals surface area contributed by atoms with E-state index in [2.05, 4.69) is 22.0 Å². The Hall–Kier alpha value is -0.380. The second-order valence-corrected chi connectivity index (χ2v) is 4.71. The number of hydrogen-bond acceptors (Lipinski definition) is 2. The van der Waals surface area contributed by atoms with Crippen molar-refractivity contribution in [2.45, 2.75) is 18.9 Å². The first kappa shape index (κ1) is 11.7. The van der Waals surface area contributed by atoms with Crippen molar-refractivity contribution in [1.82, 2.24) is 0 Å². The molecule has 2 nitrogen and oxygen atoms in total. The molecule has 78 valence electrons. The van der Waals surface area contributed by atoms with Gasteiger partial charge < -0.3 is 10.5 Å². The maximum atomic E-state index is 6.08. The van der Waals surface area contributed by atoms with Crippen molar-refractivity contribution in [2.75, 3.05) is 13.7 Å². The Balaban J connectivity index is 2.73. The molecule has 0 bridgehead atoms. The van der Waals surface area contributed by atoms with E-state index in [1.165, 1.54) is 5.56 Å². The molecule has 14 heavy (non-hydrogen) atoms. The standard InChI is InChI=1S/C11H16BrNO/c1-11(13,8-14-2)7-9-5-3-4-6-10(9)12/h3-6H,7-8,13H2,1-2H3. The zero-order valence-corrected chi connectivity index (χ0v) is 10.2. The molecule has 0 fully saturated rings. The molecule has 0 heterocycles. The van der Waals surface area contributed by atoms with Crippen LogP contribution in [0.25, 0.3) is 0 Å². The maximum absolute atomic E-state index is 6.08. The van der Waals surface area contributed by atoms with Gasteiger partial charge in [0, 0.05) is 17.1 Å². The molecular formula is C11H16BrNO. The largest absolute Gasteiger partial charge is 0.383 e. The van der Waals surface area contributed by atoms with Crippen LogP contribution in [0.3, 0.4) is 0 Å². The molecule has 0 aliphatic rings. The van der Waals surface area contributed by atoms with Gasteiger partial charge in [-0.15, -0.1) is 0 Å². The van der Waals surface area contributed by atoms with Gasteiger partial charge in [0.25, 0.3) is 0 Å². The first-order chi connectivity index (χ1) is 6.55. The number of ether oxygens (including phenoxy) is 1. The molecule has 0 spiro atoms. The Morgan fingerprint density at radius 3 is 2.64 bits per heavy atom. The summed E-state index contributed by atoms with van der Waals surface area (Å²) in [7, 11) is 1.67. The van der Waals surface area contributed by atoms with E-state index in [1.807, 2.05) is 25.1 Å². The van der Waals surface area contributed by atoms with Crippen molar-refractivity contribution in [1.29, 1.82) is 0 Å². The summed E-state index contributed by atoms with van der Waals surface area (Å²) in [6, 6.07) is 8.11. The Morgan fingerprint density at radius 1 is 1.43 bits per heavy atom. The normalized spacial score (nSPS) is 15.1. The Labute approximate surface area is 93.6 Å². The van der Waals surface area contributed by atoms with Gasteiger partial charge in [-0.25, -0.2) is 0 Å². The van der Waals surface area contributed by atoms with E-state index in [0.29, 0.717) is 6.61 Å². The predicted octanol–water partition coefficient (Wildman–Crippen LogP) is 2.36. The second-order valence-electron chi connectivity index (χ2n) is 3.86. The fourth-order valence-electron chi connectivity index (χ4n) is 1.46. The molecule has 0 aliphatic carbocycles. The molecule has 1 unspecified atom stereocenters. The third-order valence-corrected chi connectivity index (χ3v) is 2.80. The van der Waals surface area contributed by atoms with E-state index in [-0.39, 0.29) is 5.54 Å². The van der Waals surface area contributed by atoms with Crippen LogP contribution in [-0.2, 0) is 11.2 Å². The number of nitrogens with two attached hydrogens (primary N) is 1. The lowest BCUT2D eigenvalue weighted by Crippen LogP contribution is -2.43. The topological polar surface area (TPSA) is 35.2 Å². The molecule has 2 N–H and O–H groups in total. The lowest BCUT2D eigenvalue weighted by Gasteiger charge is -2.24. The average Bonchev–Trinajstić information content (AvgIpc) is 2.08. The average molecular weight is 258 g/mol. The van der Waals surface area contributed by atoms with Crippen molar-refractivity contribution in [3.63, 3.8) is 0 Å². The molecule has 1 rings (SSSR count). The number of benzene rings is 1. The Morgan fingerprint density at radius 2 is 2.07 bits per heavy atom. The second kappa shape index (κ2) is 4.91. The highest BCUT2D eigenvalue weighted by Gasteiger charge is 2.19. The van der Waals surface area contributed by atoms with Crippen molar-refractivity contribution in [3.8, 4) is 0 Å². The zero-order chi connectivity index (χ0) is 10.6. The van der Waals surface area contributed by atoms with Crippen LogP contribution in [0, 0.1) is 0 Å². The fraction of sp³-hybridized carbons (Fsp3) is 0.455. The molecule has 0 saturated heterocycles. The van der Waals surface area contributed by atoms with Gasteiger partial charge in [0.05, 0.1) is 6.61 Å². The van der Waals surface area contributed by atoms with Crippen molar-refractivity contribution < 1.29 is 4.74 Å². The smallest absolute Gasteiger partial charge is 0.0642 e.